The molecule has 1 saturated heterocycles. The number of fused-ring (bicyclic) bond motifs is 1. The Kier molecular flexibility index (Phi) is 5.76. The zero-order chi connectivity index (χ0) is 18.6. The molecule has 1 fully saturated rings. The number of thiazole rings is 1. The van der Waals surface area contributed by atoms with Gasteiger partial charge in [-0.15, -0.1) is 23.1 Å². The summed E-state index contributed by atoms with van der Waals surface area (Å²) in [5.74, 6) is 0.578. The molecule has 2 heterocycles. The number of likely N-dealkylation sites (tertiary alicyclic amines) is 1. The van der Waals surface area contributed by atoms with E-state index in [4.69, 9.17) is 4.98 Å². The number of carbonyl (C=O) groups is 1. The molecule has 0 bridgehead atoms. The molecule has 2 aromatic carbocycles. The van der Waals surface area contributed by atoms with Gasteiger partial charge in [-0.2, -0.15) is 0 Å². The van der Waals surface area contributed by atoms with Crippen molar-refractivity contribution in [3.05, 3.63) is 53.5 Å². The van der Waals surface area contributed by atoms with Crippen molar-refractivity contribution in [3.63, 3.8) is 0 Å². The summed E-state index contributed by atoms with van der Waals surface area (Å²) in [7, 11) is 0. The minimum Gasteiger partial charge on any atom is -0.324 e. The Bertz CT molecular complexity index is 899. The SMILES string of the molecule is CSc1ccccc1NC(=O)CN1CCC(c2nc3ccccc3s2)CC1. The Labute approximate surface area is 168 Å². The molecular weight excluding hydrogens is 374 g/mol. The van der Waals surface area contributed by atoms with Gasteiger partial charge in [0.05, 0.1) is 27.5 Å². The Morgan fingerprint density at radius 3 is 2.70 bits per heavy atom. The molecule has 1 aliphatic heterocycles. The predicted octanol–water partition coefficient (Wildman–Crippen LogP) is 4.84. The molecule has 0 unspecified atom stereocenters. The summed E-state index contributed by atoms with van der Waals surface area (Å²) in [5.41, 5.74) is 2.01. The van der Waals surface area contributed by atoms with Crippen LogP contribution in [0.5, 0.6) is 0 Å². The number of rotatable bonds is 5. The Hall–Kier alpha value is -1.89. The molecule has 4 rings (SSSR count). The van der Waals surface area contributed by atoms with Gasteiger partial charge < -0.3 is 5.32 Å². The highest BCUT2D eigenvalue weighted by Gasteiger charge is 2.24. The van der Waals surface area contributed by atoms with Crippen molar-refractivity contribution in [2.24, 2.45) is 0 Å². The van der Waals surface area contributed by atoms with Gasteiger partial charge in [-0.1, -0.05) is 24.3 Å². The van der Waals surface area contributed by atoms with Crippen LogP contribution in [0.3, 0.4) is 0 Å². The third-order valence-corrected chi connectivity index (χ3v) is 6.99. The van der Waals surface area contributed by atoms with Crippen molar-refractivity contribution in [1.29, 1.82) is 0 Å². The lowest BCUT2D eigenvalue weighted by molar-refractivity contribution is -0.117. The molecule has 0 aliphatic carbocycles. The minimum absolute atomic E-state index is 0.0648. The van der Waals surface area contributed by atoms with Crippen molar-refractivity contribution in [2.75, 3.05) is 31.2 Å². The van der Waals surface area contributed by atoms with Gasteiger partial charge in [0.1, 0.15) is 0 Å². The molecule has 1 amide bonds. The Balaban J connectivity index is 1.32. The van der Waals surface area contributed by atoms with Crippen molar-refractivity contribution in [2.45, 2.75) is 23.7 Å². The maximum absolute atomic E-state index is 12.4. The molecule has 0 atom stereocenters. The van der Waals surface area contributed by atoms with E-state index in [1.54, 1.807) is 11.8 Å². The van der Waals surface area contributed by atoms with E-state index in [1.165, 1.54) is 9.71 Å². The molecule has 4 nitrogen and oxygen atoms in total. The second-order valence-electron chi connectivity index (χ2n) is 6.82. The Morgan fingerprint density at radius 2 is 1.93 bits per heavy atom. The number of amides is 1. The van der Waals surface area contributed by atoms with E-state index in [2.05, 4.69) is 28.4 Å². The molecule has 27 heavy (non-hydrogen) atoms. The standard InChI is InChI=1S/C21H23N3OS2/c1-26-18-8-4-2-6-16(18)22-20(25)14-24-12-10-15(11-13-24)21-23-17-7-3-5-9-19(17)27-21/h2-9,15H,10-14H2,1H3,(H,22,25). The quantitative estimate of drug-likeness (QED) is 0.626. The second kappa shape index (κ2) is 8.42. The van der Waals surface area contributed by atoms with Crippen LogP contribution in [-0.2, 0) is 4.79 Å². The van der Waals surface area contributed by atoms with Gasteiger partial charge in [0.15, 0.2) is 0 Å². The van der Waals surface area contributed by atoms with Gasteiger partial charge in [-0.25, -0.2) is 4.98 Å². The highest BCUT2D eigenvalue weighted by Crippen LogP contribution is 2.33. The first-order chi connectivity index (χ1) is 13.2. The molecule has 6 heteroatoms. The third-order valence-electron chi connectivity index (χ3n) is 5.00. The van der Waals surface area contributed by atoms with Crippen LogP contribution < -0.4 is 5.32 Å². The molecular formula is C21H23N3OS2. The number of para-hydroxylation sites is 2. The van der Waals surface area contributed by atoms with Gasteiger partial charge in [0.25, 0.3) is 0 Å². The van der Waals surface area contributed by atoms with Crippen molar-refractivity contribution in [3.8, 4) is 0 Å². The average molecular weight is 398 g/mol. The van der Waals surface area contributed by atoms with E-state index in [-0.39, 0.29) is 5.91 Å². The van der Waals surface area contributed by atoms with Gasteiger partial charge in [0, 0.05) is 10.8 Å². The van der Waals surface area contributed by atoms with Crippen LogP contribution in [0.1, 0.15) is 23.8 Å². The van der Waals surface area contributed by atoms with Crippen LogP contribution >= 0.6 is 23.1 Å². The predicted molar refractivity (Wildman–Crippen MR) is 115 cm³/mol. The fraction of sp³-hybridized carbons (Fsp3) is 0.333. The van der Waals surface area contributed by atoms with Crippen LogP contribution in [0.4, 0.5) is 5.69 Å². The number of anilines is 1. The van der Waals surface area contributed by atoms with Crippen LogP contribution in [0.2, 0.25) is 0 Å². The zero-order valence-corrected chi connectivity index (χ0v) is 17.0. The molecule has 140 valence electrons. The van der Waals surface area contributed by atoms with Crippen LogP contribution in [0.15, 0.2) is 53.4 Å². The number of nitrogens with zero attached hydrogens (tertiary/aromatic N) is 2. The lowest BCUT2D eigenvalue weighted by Gasteiger charge is -2.30. The lowest BCUT2D eigenvalue weighted by atomic mass is 9.97. The van der Waals surface area contributed by atoms with Crippen LogP contribution in [0, 0.1) is 0 Å². The average Bonchev–Trinajstić information content (AvgIpc) is 3.13. The van der Waals surface area contributed by atoms with E-state index in [0.717, 1.165) is 42.0 Å². The summed E-state index contributed by atoms with van der Waals surface area (Å²) in [6.07, 6.45) is 4.15. The number of hydrogen-bond donors (Lipinski definition) is 1. The van der Waals surface area contributed by atoms with E-state index >= 15 is 0 Å². The largest absolute Gasteiger partial charge is 0.324 e. The normalized spacial score (nSPS) is 15.9. The van der Waals surface area contributed by atoms with Crippen molar-refractivity contribution in [1.82, 2.24) is 9.88 Å². The third kappa shape index (κ3) is 4.34. The molecule has 1 aliphatic rings. The monoisotopic (exact) mass is 397 g/mol. The summed E-state index contributed by atoms with van der Waals surface area (Å²) >= 11 is 3.46. The van der Waals surface area contributed by atoms with Gasteiger partial charge in [-0.05, 0) is 56.5 Å². The number of benzene rings is 2. The summed E-state index contributed by atoms with van der Waals surface area (Å²) in [5, 5.41) is 4.30. The fourth-order valence-electron chi connectivity index (χ4n) is 3.54. The summed E-state index contributed by atoms with van der Waals surface area (Å²) in [6.45, 7) is 2.34. The Morgan fingerprint density at radius 1 is 1.19 bits per heavy atom. The fourth-order valence-corrected chi connectivity index (χ4v) is 5.23. The second-order valence-corrected chi connectivity index (χ2v) is 8.73. The lowest BCUT2D eigenvalue weighted by Crippen LogP contribution is -2.38. The van der Waals surface area contributed by atoms with E-state index in [0.29, 0.717) is 12.5 Å². The van der Waals surface area contributed by atoms with Crippen LogP contribution in [0.25, 0.3) is 10.2 Å². The maximum atomic E-state index is 12.4. The molecule has 1 N–H and O–H groups in total. The summed E-state index contributed by atoms with van der Waals surface area (Å²) in [4.78, 5) is 20.6. The van der Waals surface area contributed by atoms with Crippen molar-refractivity contribution < 1.29 is 4.79 Å². The van der Waals surface area contributed by atoms with Crippen LogP contribution in [-0.4, -0.2) is 41.7 Å². The summed E-state index contributed by atoms with van der Waals surface area (Å²) in [6, 6.07) is 16.3. The van der Waals surface area contributed by atoms with E-state index in [9.17, 15) is 4.79 Å². The first-order valence-electron chi connectivity index (χ1n) is 9.23. The van der Waals surface area contributed by atoms with E-state index < -0.39 is 0 Å². The zero-order valence-electron chi connectivity index (χ0n) is 15.4. The first-order valence-corrected chi connectivity index (χ1v) is 11.3. The number of nitrogens with one attached hydrogen (secondary N) is 1. The molecule has 1 aromatic heterocycles. The van der Waals surface area contributed by atoms with Gasteiger partial charge in [0.2, 0.25) is 5.91 Å². The first kappa shape index (κ1) is 18.5. The van der Waals surface area contributed by atoms with Gasteiger partial charge in [-0.3, -0.25) is 9.69 Å². The highest BCUT2D eigenvalue weighted by atomic mass is 32.2. The number of thioether (sulfide) groups is 1. The molecule has 0 radical (unpaired) electrons. The smallest absolute Gasteiger partial charge is 0.238 e. The maximum Gasteiger partial charge on any atom is 0.238 e. The number of aromatic nitrogens is 1. The van der Waals surface area contributed by atoms with Crippen molar-refractivity contribution >= 4 is 44.9 Å². The summed E-state index contributed by atoms with van der Waals surface area (Å²) < 4.78 is 1.27. The highest BCUT2D eigenvalue weighted by molar-refractivity contribution is 7.98. The topological polar surface area (TPSA) is 45.2 Å². The molecule has 3 aromatic rings. The molecule has 0 saturated carbocycles. The number of hydrogen-bond acceptors (Lipinski definition) is 5. The number of carbonyl (C=O) groups excluding carboxylic acids is 1. The van der Waals surface area contributed by atoms with E-state index in [1.807, 2.05) is 47.9 Å². The van der Waals surface area contributed by atoms with Gasteiger partial charge >= 0.3 is 0 Å². The number of piperidine rings is 1. The minimum atomic E-state index is 0.0648. The molecule has 0 spiro atoms.